The molecule has 8 heterocycles. The Labute approximate surface area is 615 Å². The SMILES string of the molecule is c1ccc(-c2ccc(-c3nc(-c4ccccc4)nc(-c4ccc(-c5ccc(-c6ccnc7c6sc6nc8ccccc8nc67)cc5)cc4)n3)cc2)cc1.c1ccc(-c2ccc(-c3nc(-c4ccccc4)nc(-c4ccc(-c5ccc(-c6nnnc7c6sc6nc8ccccc8cc67)cc5)cc4)n3)cc2)cc1. The van der Waals surface area contributed by atoms with Crippen molar-refractivity contribution < 1.29 is 0 Å². The zero-order chi connectivity index (χ0) is 70.3. The number of hydrogen-bond donors (Lipinski definition) is 0. The Morgan fingerprint density at radius 2 is 0.547 bits per heavy atom. The fourth-order valence-corrected chi connectivity index (χ4v) is 15.6. The van der Waals surface area contributed by atoms with E-state index in [-0.39, 0.29) is 0 Å². The van der Waals surface area contributed by atoms with Gasteiger partial charge in [-0.1, -0.05) is 297 Å². The molecule has 8 aromatic heterocycles. The fraction of sp³-hybridized carbons (Fsp3) is 0. The molecule has 0 amide bonds. The minimum atomic E-state index is 0.619. The topological polar surface area (TPSA) is 168 Å². The van der Waals surface area contributed by atoms with Crippen LogP contribution in [0.4, 0.5) is 0 Å². The van der Waals surface area contributed by atoms with E-state index in [0.29, 0.717) is 34.9 Å². The lowest BCUT2D eigenvalue weighted by Crippen LogP contribution is -2.00. The van der Waals surface area contributed by atoms with Gasteiger partial charge < -0.3 is 0 Å². The highest BCUT2D eigenvalue weighted by Crippen LogP contribution is 2.41. The molecule has 0 saturated heterocycles. The summed E-state index contributed by atoms with van der Waals surface area (Å²) in [6.07, 6.45) is 1.86. The highest BCUT2D eigenvalue weighted by Gasteiger charge is 2.20. The van der Waals surface area contributed by atoms with Gasteiger partial charge in [0.2, 0.25) is 0 Å². The number of aromatic nitrogens is 13. The second-order valence-electron chi connectivity index (χ2n) is 25.5. The van der Waals surface area contributed by atoms with Crippen molar-refractivity contribution in [3.8, 4) is 135 Å². The van der Waals surface area contributed by atoms with Crippen LogP contribution in [-0.4, -0.2) is 65.3 Å². The maximum Gasteiger partial charge on any atom is 0.164 e. The van der Waals surface area contributed by atoms with E-state index < -0.39 is 0 Å². The van der Waals surface area contributed by atoms with Crippen LogP contribution in [0.15, 0.2) is 334 Å². The Morgan fingerprint density at radius 1 is 0.217 bits per heavy atom. The van der Waals surface area contributed by atoms with E-state index in [2.05, 4.69) is 228 Å². The lowest BCUT2D eigenvalue weighted by molar-refractivity contribution is 0.904. The molecule has 0 atom stereocenters. The number of nitrogens with zero attached hydrogens (tertiary/aromatic N) is 13. The van der Waals surface area contributed by atoms with Crippen LogP contribution in [0.3, 0.4) is 0 Å². The van der Waals surface area contributed by atoms with E-state index in [4.69, 9.17) is 49.8 Å². The summed E-state index contributed by atoms with van der Waals surface area (Å²) in [5.41, 5.74) is 23.9. The molecule has 20 aromatic rings. The van der Waals surface area contributed by atoms with Crippen LogP contribution in [0.5, 0.6) is 0 Å². The number of benzene rings is 12. The smallest absolute Gasteiger partial charge is 0.164 e. The predicted octanol–water partition coefficient (Wildman–Crippen LogP) is 22.6. The molecule has 15 heteroatoms. The van der Waals surface area contributed by atoms with Crippen LogP contribution < -0.4 is 0 Å². The van der Waals surface area contributed by atoms with Crippen molar-refractivity contribution >= 4 is 85.6 Å². The third-order valence-corrected chi connectivity index (χ3v) is 21.1. The molecule has 496 valence electrons. The van der Waals surface area contributed by atoms with Gasteiger partial charge in [0.25, 0.3) is 0 Å². The Balaban J connectivity index is 0.000000145. The number of pyridine rings is 2. The number of thiophene rings is 2. The van der Waals surface area contributed by atoms with E-state index in [9.17, 15) is 0 Å². The molecule has 0 aliphatic rings. The van der Waals surface area contributed by atoms with E-state index >= 15 is 0 Å². The summed E-state index contributed by atoms with van der Waals surface area (Å²) < 4.78 is 2.07. The van der Waals surface area contributed by atoms with Crippen molar-refractivity contribution in [1.29, 1.82) is 0 Å². The molecule has 0 spiro atoms. The zero-order valence-electron chi connectivity index (χ0n) is 56.4. The summed E-state index contributed by atoms with van der Waals surface area (Å²) in [7, 11) is 0. The summed E-state index contributed by atoms with van der Waals surface area (Å²) in [5, 5.41) is 15.1. The molecule has 12 aromatic carbocycles. The lowest BCUT2D eigenvalue weighted by Gasteiger charge is -2.10. The Morgan fingerprint density at radius 3 is 0.991 bits per heavy atom. The largest absolute Gasteiger partial charge is 0.253 e. The van der Waals surface area contributed by atoms with Gasteiger partial charge in [0.05, 0.1) is 25.9 Å². The van der Waals surface area contributed by atoms with Crippen LogP contribution in [-0.2, 0) is 0 Å². The monoisotopic (exact) mass is 1390 g/mol. The molecule has 0 unspecified atom stereocenters. The second-order valence-corrected chi connectivity index (χ2v) is 27.5. The van der Waals surface area contributed by atoms with Gasteiger partial charge in [0.15, 0.2) is 34.9 Å². The highest BCUT2D eigenvalue weighted by atomic mass is 32.1. The van der Waals surface area contributed by atoms with Crippen molar-refractivity contribution in [2.24, 2.45) is 0 Å². The van der Waals surface area contributed by atoms with E-state index in [0.717, 1.165) is 152 Å². The molecular weight excluding hydrogens is 1340 g/mol. The number of rotatable bonds is 12. The van der Waals surface area contributed by atoms with Crippen LogP contribution in [0.2, 0.25) is 0 Å². The van der Waals surface area contributed by atoms with Crippen molar-refractivity contribution in [3.05, 3.63) is 334 Å². The van der Waals surface area contributed by atoms with E-state index in [1.54, 1.807) is 22.7 Å². The molecule has 0 bridgehead atoms. The lowest BCUT2D eigenvalue weighted by atomic mass is 9.99. The van der Waals surface area contributed by atoms with Gasteiger partial charge in [-0.05, 0) is 85.6 Å². The summed E-state index contributed by atoms with van der Waals surface area (Å²) in [5.74, 6) is 3.79. The maximum atomic E-state index is 4.97. The third kappa shape index (κ3) is 12.4. The van der Waals surface area contributed by atoms with Crippen LogP contribution in [0.25, 0.3) is 198 Å². The molecular formula is C91H55N13S2. The van der Waals surface area contributed by atoms with Crippen LogP contribution >= 0.6 is 22.7 Å². The average Bonchev–Trinajstić information content (AvgIpc) is 1.61. The number of fused-ring (bicyclic) bond motifs is 8. The first-order valence-electron chi connectivity index (χ1n) is 34.6. The molecule has 20 rings (SSSR count). The van der Waals surface area contributed by atoms with Gasteiger partial charge in [0.1, 0.15) is 31.9 Å². The van der Waals surface area contributed by atoms with E-state index in [1.165, 1.54) is 11.1 Å². The van der Waals surface area contributed by atoms with Gasteiger partial charge in [0, 0.05) is 61.5 Å². The summed E-state index contributed by atoms with van der Waals surface area (Å²) in [4.78, 5) is 50.9. The van der Waals surface area contributed by atoms with Gasteiger partial charge in [-0.25, -0.2) is 44.9 Å². The first kappa shape index (κ1) is 63.0. The zero-order valence-corrected chi connectivity index (χ0v) is 58.0. The van der Waals surface area contributed by atoms with Gasteiger partial charge in [-0.3, -0.25) is 4.98 Å². The van der Waals surface area contributed by atoms with Gasteiger partial charge in [-0.2, -0.15) is 0 Å². The summed E-state index contributed by atoms with van der Waals surface area (Å²) in [6.45, 7) is 0. The molecule has 0 fully saturated rings. The molecule has 0 radical (unpaired) electrons. The number of hydrogen-bond acceptors (Lipinski definition) is 15. The standard InChI is InChI=1S/C46H28N6S.C45H27N7S/c1-3-9-29(10-4-1)30-17-23-35(24-18-30)44-50-43(34-11-5-2-6-12-34)51-45(52-44)36-25-19-32(20-26-36)31-15-21-33(22-16-31)37-27-28-47-40-41-46(53-42(37)40)49-39-14-8-7-13-38(39)48-41;1-3-9-28(10-4-1)29-17-23-34(24-18-29)43-47-42(33-11-5-2-6-12-33)48-44(49-43)35-25-19-31(20-26-35)30-15-21-32(22-16-30)39-41-40(51-52-50-39)37-27-36-13-7-8-14-38(36)46-45(37)53-41/h1-28H;1-27H. The third-order valence-electron chi connectivity index (χ3n) is 18.9. The Kier molecular flexibility index (Phi) is 16.3. The van der Waals surface area contributed by atoms with Crippen molar-refractivity contribution in [2.75, 3.05) is 0 Å². The predicted molar refractivity (Wildman–Crippen MR) is 430 cm³/mol. The maximum absolute atomic E-state index is 4.97. The van der Waals surface area contributed by atoms with Gasteiger partial charge >= 0.3 is 0 Å². The second kappa shape index (κ2) is 27.4. The van der Waals surface area contributed by atoms with Crippen molar-refractivity contribution in [1.82, 2.24) is 65.3 Å². The normalized spacial score (nSPS) is 11.4. The molecule has 0 aliphatic heterocycles. The van der Waals surface area contributed by atoms with E-state index in [1.807, 2.05) is 121 Å². The quantitative estimate of drug-likeness (QED) is 0.113. The molecule has 0 N–H and O–H groups in total. The molecule has 0 aliphatic carbocycles. The minimum absolute atomic E-state index is 0.619. The minimum Gasteiger partial charge on any atom is -0.253 e. The first-order chi connectivity index (χ1) is 52.5. The summed E-state index contributed by atoms with van der Waals surface area (Å²) in [6, 6.07) is 112. The number of para-hydroxylation sites is 3. The first-order valence-corrected chi connectivity index (χ1v) is 36.2. The average molecular weight is 1390 g/mol. The fourth-order valence-electron chi connectivity index (χ4n) is 13.3. The molecule has 13 nitrogen and oxygen atoms in total. The van der Waals surface area contributed by atoms with Crippen LogP contribution in [0, 0.1) is 0 Å². The molecule has 106 heavy (non-hydrogen) atoms. The van der Waals surface area contributed by atoms with Crippen molar-refractivity contribution in [3.63, 3.8) is 0 Å². The highest BCUT2D eigenvalue weighted by molar-refractivity contribution is 7.26. The van der Waals surface area contributed by atoms with Gasteiger partial charge in [-0.15, -0.1) is 32.9 Å². The van der Waals surface area contributed by atoms with Crippen molar-refractivity contribution in [2.45, 2.75) is 0 Å². The Bertz CT molecular complexity index is 6230. The molecule has 0 saturated carbocycles. The Hall–Kier alpha value is -14.0. The van der Waals surface area contributed by atoms with Crippen LogP contribution in [0.1, 0.15) is 0 Å². The summed E-state index contributed by atoms with van der Waals surface area (Å²) >= 11 is 3.25.